The van der Waals surface area contributed by atoms with E-state index in [2.05, 4.69) is 20.6 Å². The van der Waals surface area contributed by atoms with Gasteiger partial charge in [-0.05, 0) is 31.8 Å². The maximum atomic E-state index is 11.9. The van der Waals surface area contributed by atoms with Gasteiger partial charge in [-0.1, -0.05) is 23.7 Å². The Hall–Kier alpha value is -2.18. The van der Waals surface area contributed by atoms with Crippen LogP contribution in [-0.4, -0.2) is 48.0 Å². The fourth-order valence-electron chi connectivity index (χ4n) is 1.82. The van der Waals surface area contributed by atoms with Crippen molar-refractivity contribution >= 4 is 23.3 Å². The number of nitrogens with one attached hydrogen (secondary N) is 2. The molecule has 2 rings (SSSR count). The van der Waals surface area contributed by atoms with E-state index in [1.54, 1.807) is 6.20 Å². The Kier molecular flexibility index (Phi) is 6.31. The highest BCUT2D eigenvalue weighted by Gasteiger charge is 2.07. The summed E-state index contributed by atoms with van der Waals surface area (Å²) in [6, 6.07) is 7.56. The maximum absolute atomic E-state index is 11.9. The van der Waals surface area contributed by atoms with Gasteiger partial charge < -0.3 is 15.5 Å². The van der Waals surface area contributed by atoms with E-state index >= 15 is 0 Å². The van der Waals surface area contributed by atoms with Crippen molar-refractivity contribution < 1.29 is 4.79 Å². The van der Waals surface area contributed by atoms with Crippen LogP contribution in [0.3, 0.4) is 0 Å². The minimum absolute atomic E-state index is 0.219. The van der Waals surface area contributed by atoms with Crippen LogP contribution in [0, 0.1) is 0 Å². The van der Waals surface area contributed by atoms with Crippen LogP contribution in [0.5, 0.6) is 0 Å². The van der Waals surface area contributed by atoms with Crippen molar-refractivity contribution in [2.45, 2.75) is 6.54 Å². The van der Waals surface area contributed by atoms with E-state index in [-0.39, 0.29) is 5.91 Å². The lowest BCUT2D eigenvalue weighted by Gasteiger charge is -2.10. The molecule has 23 heavy (non-hydrogen) atoms. The van der Waals surface area contributed by atoms with Gasteiger partial charge >= 0.3 is 0 Å². The molecule has 122 valence electrons. The largest absolute Gasteiger partial charge is 0.365 e. The first kappa shape index (κ1) is 17.2. The molecule has 0 spiro atoms. The monoisotopic (exact) mass is 333 g/mol. The fourth-order valence-corrected chi connectivity index (χ4v) is 1.94. The van der Waals surface area contributed by atoms with Crippen LogP contribution in [0.4, 0.5) is 5.82 Å². The summed E-state index contributed by atoms with van der Waals surface area (Å²) in [5.41, 5.74) is 1.39. The molecule has 0 aliphatic carbocycles. The lowest BCUT2D eigenvalue weighted by atomic mass is 10.2. The van der Waals surface area contributed by atoms with Gasteiger partial charge in [0.05, 0.1) is 12.4 Å². The van der Waals surface area contributed by atoms with E-state index in [1.807, 2.05) is 43.3 Å². The smallest absolute Gasteiger partial charge is 0.271 e. The molecular weight excluding hydrogens is 314 g/mol. The van der Waals surface area contributed by atoms with Gasteiger partial charge in [0.2, 0.25) is 0 Å². The van der Waals surface area contributed by atoms with Crippen molar-refractivity contribution in [2.75, 3.05) is 32.5 Å². The van der Waals surface area contributed by atoms with Gasteiger partial charge in [-0.2, -0.15) is 0 Å². The predicted octanol–water partition coefficient (Wildman–Crippen LogP) is 2.03. The van der Waals surface area contributed by atoms with E-state index in [4.69, 9.17) is 11.6 Å². The molecule has 7 heteroatoms. The zero-order valence-corrected chi connectivity index (χ0v) is 14.0. The van der Waals surface area contributed by atoms with Crippen molar-refractivity contribution in [3.8, 4) is 0 Å². The standard InChI is InChI=1S/C16H20ClN5O/c1-22(2)8-7-18-16(23)14-10-21-15(11-19-14)20-9-12-3-5-13(17)6-4-12/h3-6,10-11H,7-9H2,1-2H3,(H,18,23)(H,20,21). The molecule has 1 aromatic heterocycles. The van der Waals surface area contributed by atoms with Gasteiger partial charge in [0.15, 0.2) is 0 Å². The third-order valence-corrected chi connectivity index (χ3v) is 3.37. The second kappa shape index (κ2) is 8.45. The number of carbonyl (C=O) groups is 1. The highest BCUT2D eigenvalue weighted by Crippen LogP contribution is 2.11. The van der Waals surface area contributed by atoms with Crippen LogP contribution in [-0.2, 0) is 6.54 Å². The van der Waals surface area contributed by atoms with Crippen LogP contribution >= 0.6 is 11.6 Å². The summed E-state index contributed by atoms with van der Waals surface area (Å²) >= 11 is 5.85. The van der Waals surface area contributed by atoms with E-state index in [1.165, 1.54) is 6.20 Å². The molecule has 0 aliphatic heterocycles. The van der Waals surface area contributed by atoms with Crippen molar-refractivity contribution in [1.29, 1.82) is 0 Å². The molecular formula is C16H20ClN5O. The van der Waals surface area contributed by atoms with Gasteiger partial charge in [0.1, 0.15) is 11.5 Å². The lowest BCUT2D eigenvalue weighted by Crippen LogP contribution is -2.31. The Morgan fingerprint density at radius 2 is 1.91 bits per heavy atom. The highest BCUT2D eigenvalue weighted by molar-refractivity contribution is 6.30. The number of anilines is 1. The molecule has 0 saturated heterocycles. The Balaban J connectivity index is 1.84. The predicted molar refractivity (Wildman–Crippen MR) is 91.7 cm³/mol. The summed E-state index contributed by atoms with van der Waals surface area (Å²) in [4.78, 5) is 22.2. The Morgan fingerprint density at radius 1 is 1.17 bits per heavy atom. The Labute approximate surface area is 140 Å². The van der Waals surface area contributed by atoms with Crippen molar-refractivity contribution in [3.63, 3.8) is 0 Å². The third-order valence-electron chi connectivity index (χ3n) is 3.12. The fraction of sp³-hybridized carbons (Fsp3) is 0.312. The summed E-state index contributed by atoms with van der Waals surface area (Å²) in [6.45, 7) is 1.96. The van der Waals surface area contributed by atoms with Crippen LogP contribution in [0.1, 0.15) is 16.1 Å². The molecule has 1 aromatic carbocycles. The topological polar surface area (TPSA) is 70.2 Å². The van der Waals surface area contributed by atoms with Gasteiger partial charge in [-0.3, -0.25) is 4.79 Å². The molecule has 1 amide bonds. The molecule has 2 aromatic rings. The molecule has 0 unspecified atom stereocenters. The third kappa shape index (κ3) is 5.84. The van der Waals surface area contributed by atoms with Gasteiger partial charge in [-0.15, -0.1) is 0 Å². The number of benzene rings is 1. The number of carbonyl (C=O) groups excluding carboxylic acids is 1. The second-order valence-electron chi connectivity index (χ2n) is 5.33. The van der Waals surface area contributed by atoms with Gasteiger partial charge in [-0.25, -0.2) is 9.97 Å². The average molecular weight is 334 g/mol. The summed E-state index contributed by atoms with van der Waals surface area (Å²) in [6.07, 6.45) is 3.02. The van der Waals surface area contributed by atoms with Crippen LogP contribution in [0.25, 0.3) is 0 Å². The SMILES string of the molecule is CN(C)CCNC(=O)c1cnc(NCc2ccc(Cl)cc2)cn1. The van der Waals surface area contributed by atoms with E-state index in [0.29, 0.717) is 29.6 Å². The molecule has 6 nitrogen and oxygen atoms in total. The molecule has 1 heterocycles. The van der Waals surface area contributed by atoms with Crippen LogP contribution < -0.4 is 10.6 Å². The minimum atomic E-state index is -0.219. The van der Waals surface area contributed by atoms with E-state index < -0.39 is 0 Å². The van der Waals surface area contributed by atoms with Gasteiger partial charge in [0, 0.05) is 24.7 Å². The molecule has 0 saturated carbocycles. The average Bonchev–Trinajstić information content (AvgIpc) is 2.54. The lowest BCUT2D eigenvalue weighted by molar-refractivity contribution is 0.0945. The minimum Gasteiger partial charge on any atom is -0.365 e. The molecule has 0 aliphatic rings. The quantitative estimate of drug-likeness (QED) is 0.811. The van der Waals surface area contributed by atoms with Crippen LogP contribution in [0.15, 0.2) is 36.7 Å². The van der Waals surface area contributed by atoms with E-state index in [0.717, 1.165) is 12.1 Å². The molecule has 0 radical (unpaired) electrons. The first-order chi connectivity index (χ1) is 11.0. The second-order valence-corrected chi connectivity index (χ2v) is 5.76. The van der Waals surface area contributed by atoms with E-state index in [9.17, 15) is 4.79 Å². The number of halogens is 1. The highest BCUT2D eigenvalue weighted by atomic mass is 35.5. The first-order valence-electron chi connectivity index (χ1n) is 7.28. The number of hydrogen-bond acceptors (Lipinski definition) is 5. The molecule has 0 atom stereocenters. The summed E-state index contributed by atoms with van der Waals surface area (Å²) in [5, 5.41) is 6.65. The maximum Gasteiger partial charge on any atom is 0.271 e. The number of rotatable bonds is 7. The Bertz CT molecular complexity index is 628. The Morgan fingerprint density at radius 3 is 2.52 bits per heavy atom. The number of aromatic nitrogens is 2. The number of likely N-dealkylation sites (N-methyl/N-ethyl adjacent to an activating group) is 1. The normalized spacial score (nSPS) is 10.6. The zero-order chi connectivity index (χ0) is 16.7. The van der Waals surface area contributed by atoms with Crippen molar-refractivity contribution in [2.24, 2.45) is 0 Å². The number of amides is 1. The van der Waals surface area contributed by atoms with Crippen molar-refractivity contribution in [1.82, 2.24) is 20.2 Å². The molecule has 2 N–H and O–H groups in total. The zero-order valence-electron chi connectivity index (χ0n) is 13.2. The molecule has 0 fully saturated rings. The summed E-state index contributed by atoms with van der Waals surface area (Å²) < 4.78 is 0. The number of hydrogen-bond donors (Lipinski definition) is 2. The van der Waals surface area contributed by atoms with Gasteiger partial charge in [0.25, 0.3) is 5.91 Å². The summed E-state index contributed by atoms with van der Waals surface area (Å²) in [5.74, 6) is 0.397. The first-order valence-corrected chi connectivity index (χ1v) is 7.65. The van der Waals surface area contributed by atoms with Crippen LogP contribution in [0.2, 0.25) is 5.02 Å². The molecule has 0 bridgehead atoms. The summed E-state index contributed by atoms with van der Waals surface area (Å²) in [7, 11) is 3.90. The van der Waals surface area contributed by atoms with Crippen molar-refractivity contribution in [3.05, 3.63) is 52.9 Å². The number of nitrogens with zero attached hydrogens (tertiary/aromatic N) is 3.